The molecule has 21 heavy (non-hydrogen) atoms. The molecule has 0 saturated heterocycles. The summed E-state index contributed by atoms with van der Waals surface area (Å²) in [5.41, 5.74) is 2.49. The summed E-state index contributed by atoms with van der Waals surface area (Å²) in [6.07, 6.45) is 5.99. The zero-order valence-corrected chi connectivity index (χ0v) is 12.7. The standard InChI is InChI=1S/C18H24N2O/c1-2-3-14-21-15-13-20-18(16-7-5-4-6-8-16)17-9-11-19-12-10-17/h4-12,18,20H,2-3,13-15H2,1H3. The molecule has 1 heterocycles. The summed E-state index contributed by atoms with van der Waals surface area (Å²) in [5, 5.41) is 3.58. The van der Waals surface area contributed by atoms with E-state index in [2.05, 4.69) is 53.6 Å². The monoisotopic (exact) mass is 284 g/mol. The third kappa shape index (κ3) is 5.29. The van der Waals surface area contributed by atoms with E-state index in [1.807, 2.05) is 18.5 Å². The highest BCUT2D eigenvalue weighted by Crippen LogP contribution is 2.20. The highest BCUT2D eigenvalue weighted by atomic mass is 16.5. The minimum atomic E-state index is 0.184. The van der Waals surface area contributed by atoms with Gasteiger partial charge in [-0.15, -0.1) is 0 Å². The molecule has 112 valence electrons. The van der Waals surface area contributed by atoms with E-state index in [1.54, 1.807) is 0 Å². The molecule has 0 amide bonds. The molecule has 2 rings (SSSR count). The molecule has 0 aliphatic heterocycles. The Morgan fingerprint density at radius 1 is 1.00 bits per heavy atom. The Morgan fingerprint density at radius 2 is 1.71 bits per heavy atom. The Hall–Kier alpha value is -1.71. The number of aromatic nitrogens is 1. The second kappa shape index (κ2) is 9.27. The van der Waals surface area contributed by atoms with Gasteiger partial charge in [0, 0.05) is 25.5 Å². The van der Waals surface area contributed by atoms with Crippen LogP contribution < -0.4 is 5.32 Å². The van der Waals surface area contributed by atoms with Gasteiger partial charge >= 0.3 is 0 Å². The largest absolute Gasteiger partial charge is 0.380 e. The van der Waals surface area contributed by atoms with Crippen molar-refractivity contribution in [1.82, 2.24) is 10.3 Å². The molecule has 2 aromatic rings. The molecule has 1 N–H and O–H groups in total. The summed E-state index contributed by atoms with van der Waals surface area (Å²) in [7, 11) is 0. The normalized spacial score (nSPS) is 12.2. The van der Waals surface area contributed by atoms with Crippen LogP contribution in [-0.2, 0) is 4.74 Å². The summed E-state index contributed by atoms with van der Waals surface area (Å²) >= 11 is 0. The zero-order chi connectivity index (χ0) is 14.8. The van der Waals surface area contributed by atoms with Gasteiger partial charge in [-0.05, 0) is 29.7 Å². The molecule has 0 fully saturated rings. The van der Waals surface area contributed by atoms with Crippen LogP contribution in [0.5, 0.6) is 0 Å². The SMILES string of the molecule is CCCCOCCNC(c1ccccc1)c1ccncc1. The van der Waals surface area contributed by atoms with Crippen LogP contribution in [0, 0.1) is 0 Å². The van der Waals surface area contributed by atoms with Crippen LogP contribution in [0.1, 0.15) is 36.9 Å². The predicted molar refractivity (Wildman–Crippen MR) is 86.3 cm³/mol. The topological polar surface area (TPSA) is 34.1 Å². The Morgan fingerprint density at radius 3 is 2.43 bits per heavy atom. The maximum atomic E-state index is 5.62. The van der Waals surface area contributed by atoms with Gasteiger partial charge in [0.2, 0.25) is 0 Å². The van der Waals surface area contributed by atoms with E-state index in [0.717, 1.165) is 26.2 Å². The Balaban J connectivity index is 1.94. The molecule has 3 nitrogen and oxygen atoms in total. The van der Waals surface area contributed by atoms with Crippen molar-refractivity contribution >= 4 is 0 Å². The highest BCUT2D eigenvalue weighted by Gasteiger charge is 2.12. The highest BCUT2D eigenvalue weighted by molar-refractivity contribution is 5.30. The van der Waals surface area contributed by atoms with E-state index in [1.165, 1.54) is 17.5 Å². The van der Waals surface area contributed by atoms with Gasteiger partial charge < -0.3 is 10.1 Å². The number of pyridine rings is 1. The second-order valence-electron chi connectivity index (χ2n) is 5.04. The van der Waals surface area contributed by atoms with Crippen LogP contribution in [0.3, 0.4) is 0 Å². The number of nitrogens with zero attached hydrogens (tertiary/aromatic N) is 1. The smallest absolute Gasteiger partial charge is 0.0591 e. The van der Waals surface area contributed by atoms with E-state index in [9.17, 15) is 0 Å². The number of unbranched alkanes of at least 4 members (excludes halogenated alkanes) is 1. The maximum Gasteiger partial charge on any atom is 0.0591 e. The lowest BCUT2D eigenvalue weighted by atomic mass is 10.00. The molecule has 1 atom stereocenters. The van der Waals surface area contributed by atoms with Gasteiger partial charge in [0.15, 0.2) is 0 Å². The van der Waals surface area contributed by atoms with Gasteiger partial charge in [0.25, 0.3) is 0 Å². The van der Waals surface area contributed by atoms with Crippen molar-refractivity contribution in [2.45, 2.75) is 25.8 Å². The van der Waals surface area contributed by atoms with Crippen LogP contribution in [0.25, 0.3) is 0 Å². The van der Waals surface area contributed by atoms with Crippen LogP contribution in [0.2, 0.25) is 0 Å². The lowest BCUT2D eigenvalue weighted by molar-refractivity contribution is 0.132. The summed E-state index contributed by atoms with van der Waals surface area (Å²) in [6.45, 7) is 4.61. The van der Waals surface area contributed by atoms with Crippen LogP contribution in [0.15, 0.2) is 54.9 Å². The van der Waals surface area contributed by atoms with Crippen molar-refractivity contribution in [2.75, 3.05) is 19.8 Å². The van der Waals surface area contributed by atoms with E-state index in [0.29, 0.717) is 0 Å². The fourth-order valence-corrected chi connectivity index (χ4v) is 2.25. The van der Waals surface area contributed by atoms with Crippen molar-refractivity contribution in [3.05, 3.63) is 66.0 Å². The number of hydrogen-bond donors (Lipinski definition) is 1. The third-order valence-corrected chi connectivity index (χ3v) is 3.41. The van der Waals surface area contributed by atoms with Crippen LogP contribution in [-0.4, -0.2) is 24.7 Å². The summed E-state index contributed by atoms with van der Waals surface area (Å²) in [6, 6.07) is 14.8. The van der Waals surface area contributed by atoms with Crippen molar-refractivity contribution in [2.24, 2.45) is 0 Å². The molecule has 1 aromatic carbocycles. The van der Waals surface area contributed by atoms with E-state index in [4.69, 9.17) is 4.74 Å². The first kappa shape index (κ1) is 15.7. The van der Waals surface area contributed by atoms with E-state index >= 15 is 0 Å². The Bertz CT molecular complexity index is 448. The molecule has 0 aliphatic rings. The number of ether oxygens (including phenoxy) is 1. The van der Waals surface area contributed by atoms with E-state index in [-0.39, 0.29) is 6.04 Å². The van der Waals surface area contributed by atoms with Crippen LogP contribution in [0.4, 0.5) is 0 Å². The first-order valence-corrected chi connectivity index (χ1v) is 7.68. The Kier molecular flexibility index (Phi) is 6.92. The summed E-state index contributed by atoms with van der Waals surface area (Å²) in [5.74, 6) is 0. The summed E-state index contributed by atoms with van der Waals surface area (Å²) < 4.78 is 5.62. The average Bonchev–Trinajstić information content (AvgIpc) is 2.56. The van der Waals surface area contributed by atoms with E-state index < -0.39 is 0 Å². The molecule has 1 aromatic heterocycles. The van der Waals surface area contributed by atoms with Gasteiger partial charge in [-0.25, -0.2) is 0 Å². The molecule has 0 aliphatic carbocycles. The quantitative estimate of drug-likeness (QED) is 0.715. The number of benzene rings is 1. The fraction of sp³-hybridized carbons (Fsp3) is 0.389. The number of rotatable bonds is 9. The molecule has 3 heteroatoms. The third-order valence-electron chi connectivity index (χ3n) is 3.41. The molecule has 0 spiro atoms. The first-order chi connectivity index (χ1) is 10.4. The molecular formula is C18H24N2O. The minimum absolute atomic E-state index is 0.184. The second-order valence-corrected chi connectivity index (χ2v) is 5.04. The first-order valence-electron chi connectivity index (χ1n) is 7.68. The number of hydrogen-bond acceptors (Lipinski definition) is 3. The van der Waals surface area contributed by atoms with Crippen molar-refractivity contribution in [3.63, 3.8) is 0 Å². The van der Waals surface area contributed by atoms with Gasteiger partial charge in [0.05, 0.1) is 12.6 Å². The van der Waals surface area contributed by atoms with Gasteiger partial charge in [-0.3, -0.25) is 4.98 Å². The Labute approximate surface area is 127 Å². The van der Waals surface area contributed by atoms with Crippen LogP contribution >= 0.6 is 0 Å². The molecule has 0 radical (unpaired) electrons. The molecule has 1 unspecified atom stereocenters. The maximum absolute atomic E-state index is 5.62. The van der Waals surface area contributed by atoms with Gasteiger partial charge in [0.1, 0.15) is 0 Å². The minimum Gasteiger partial charge on any atom is -0.380 e. The summed E-state index contributed by atoms with van der Waals surface area (Å²) in [4.78, 5) is 4.10. The van der Waals surface area contributed by atoms with Gasteiger partial charge in [-0.2, -0.15) is 0 Å². The fourth-order valence-electron chi connectivity index (χ4n) is 2.25. The number of nitrogens with one attached hydrogen (secondary N) is 1. The molecule has 0 saturated carbocycles. The lowest BCUT2D eigenvalue weighted by Crippen LogP contribution is -2.26. The van der Waals surface area contributed by atoms with Crippen molar-refractivity contribution in [1.29, 1.82) is 0 Å². The lowest BCUT2D eigenvalue weighted by Gasteiger charge is -2.19. The predicted octanol–water partition coefficient (Wildman–Crippen LogP) is 3.58. The van der Waals surface area contributed by atoms with Gasteiger partial charge in [-0.1, -0.05) is 43.7 Å². The zero-order valence-electron chi connectivity index (χ0n) is 12.7. The molecular weight excluding hydrogens is 260 g/mol. The van der Waals surface area contributed by atoms with Crippen molar-refractivity contribution in [3.8, 4) is 0 Å². The molecule has 0 bridgehead atoms. The van der Waals surface area contributed by atoms with Crippen molar-refractivity contribution < 1.29 is 4.74 Å². The average molecular weight is 284 g/mol.